The number of carbonyl (C=O) groups excluding carboxylic acids is 2. The summed E-state index contributed by atoms with van der Waals surface area (Å²) in [5.41, 5.74) is 0.418. The Morgan fingerprint density at radius 3 is 2.41 bits per heavy atom. The molecule has 2 fully saturated rings. The molecular weight excluding hydrogens is 364 g/mol. The second-order valence-electron chi connectivity index (χ2n) is 8.40. The van der Waals surface area contributed by atoms with Crippen LogP contribution in [-0.2, 0) is 9.59 Å². The lowest BCUT2D eigenvalue weighted by Gasteiger charge is -2.36. The first-order chi connectivity index (χ1) is 14.0. The zero-order valence-corrected chi connectivity index (χ0v) is 17.8. The quantitative estimate of drug-likeness (QED) is 0.508. The molecule has 0 atom stereocenters. The number of rotatable bonds is 9. The van der Waals surface area contributed by atoms with E-state index >= 15 is 0 Å². The first-order valence-electron chi connectivity index (χ1n) is 10.7. The SMILES string of the molecule is CN(C)CCCNC(=O)C1(C(=O)N2CCN(C/C=C/c3ccccc3)CC2)CC1. The number of nitrogens with zero attached hydrogens (tertiary/aromatic N) is 3. The Labute approximate surface area is 174 Å². The Hall–Kier alpha value is -2.18. The molecule has 1 aromatic rings. The minimum Gasteiger partial charge on any atom is -0.355 e. The maximum atomic E-state index is 13.0. The summed E-state index contributed by atoms with van der Waals surface area (Å²) in [4.78, 5) is 31.9. The van der Waals surface area contributed by atoms with Gasteiger partial charge in [-0.05, 0) is 45.5 Å². The highest BCUT2D eigenvalue weighted by Gasteiger charge is 2.57. The van der Waals surface area contributed by atoms with Gasteiger partial charge in [0.2, 0.25) is 11.8 Å². The molecule has 0 bridgehead atoms. The van der Waals surface area contributed by atoms with Crippen LogP contribution in [0.2, 0.25) is 0 Å². The van der Waals surface area contributed by atoms with Gasteiger partial charge in [0, 0.05) is 39.3 Å². The van der Waals surface area contributed by atoms with Gasteiger partial charge in [0.05, 0.1) is 0 Å². The van der Waals surface area contributed by atoms with E-state index in [1.807, 2.05) is 37.2 Å². The largest absolute Gasteiger partial charge is 0.355 e. The van der Waals surface area contributed by atoms with Crippen LogP contribution in [0.15, 0.2) is 36.4 Å². The summed E-state index contributed by atoms with van der Waals surface area (Å²) in [6, 6.07) is 10.3. The molecule has 1 N–H and O–H groups in total. The van der Waals surface area contributed by atoms with Crippen molar-refractivity contribution >= 4 is 17.9 Å². The van der Waals surface area contributed by atoms with Gasteiger partial charge in [-0.25, -0.2) is 0 Å². The topological polar surface area (TPSA) is 55.9 Å². The Kier molecular flexibility index (Phi) is 7.45. The smallest absolute Gasteiger partial charge is 0.238 e. The third kappa shape index (κ3) is 5.90. The number of carbonyl (C=O) groups is 2. The molecule has 1 aliphatic carbocycles. The summed E-state index contributed by atoms with van der Waals surface area (Å²) in [7, 11) is 4.04. The number of hydrogen-bond donors (Lipinski definition) is 1. The minimum atomic E-state index is -0.784. The van der Waals surface area contributed by atoms with Crippen LogP contribution in [0.4, 0.5) is 0 Å². The average molecular weight is 399 g/mol. The lowest BCUT2D eigenvalue weighted by Crippen LogP contribution is -2.53. The average Bonchev–Trinajstić information content (AvgIpc) is 3.54. The van der Waals surface area contributed by atoms with Gasteiger partial charge in [0.15, 0.2) is 0 Å². The third-order valence-electron chi connectivity index (χ3n) is 5.79. The van der Waals surface area contributed by atoms with Gasteiger partial charge in [-0.3, -0.25) is 14.5 Å². The molecule has 158 valence electrons. The normalized spacial score (nSPS) is 18.9. The van der Waals surface area contributed by atoms with E-state index in [0.29, 0.717) is 32.5 Å². The van der Waals surface area contributed by atoms with Crippen LogP contribution in [0.25, 0.3) is 6.08 Å². The summed E-state index contributed by atoms with van der Waals surface area (Å²) in [6.45, 7) is 5.56. The highest BCUT2D eigenvalue weighted by atomic mass is 16.2. The highest BCUT2D eigenvalue weighted by molar-refractivity contribution is 6.07. The number of nitrogens with one attached hydrogen (secondary N) is 1. The Balaban J connectivity index is 1.41. The molecule has 1 aromatic carbocycles. The molecule has 1 saturated carbocycles. The van der Waals surface area contributed by atoms with Crippen LogP contribution in [0, 0.1) is 5.41 Å². The summed E-state index contributed by atoms with van der Waals surface area (Å²) >= 11 is 0. The van der Waals surface area contributed by atoms with Crippen LogP contribution in [-0.4, -0.2) is 86.4 Å². The number of benzene rings is 1. The van der Waals surface area contributed by atoms with Crippen molar-refractivity contribution < 1.29 is 9.59 Å². The van der Waals surface area contributed by atoms with Crippen LogP contribution < -0.4 is 5.32 Å². The van der Waals surface area contributed by atoms with Crippen LogP contribution in [0.3, 0.4) is 0 Å². The summed E-state index contributed by atoms with van der Waals surface area (Å²) < 4.78 is 0. The van der Waals surface area contributed by atoms with Crippen molar-refractivity contribution in [2.45, 2.75) is 19.3 Å². The van der Waals surface area contributed by atoms with Gasteiger partial charge in [-0.15, -0.1) is 0 Å². The van der Waals surface area contributed by atoms with Crippen LogP contribution in [0.5, 0.6) is 0 Å². The van der Waals surface area contributed by atoms with E-state index in [2.05, 4.69) is 39.4 Å². The minimum absolute atomic E-state index is 0.0297. The Bertz CT molecular complexity index is 705. The second kappa shape index (κ2) is 10.0. The molecule has 6 nitrogen and oxygen atoms in total. The molecule has 1 saturated heterocycles. The predicted octanol–water partition coefficient (Wildman–Crippen LogP) is 1.69. The van der Waals surface area contributed by atoms with E-state index in [9.17, 15) is 9.59 Å². The van der Waals surface area contributed by atoms with Crippen molar-refractivity contribution in [2.24, 2.45) is 5.41 Å². The Morgan fingerprint density at radius 1 is 1.10 bits per heavy atom. The maximum Gasteiger partial charge on any atom is 0.238 e. The van der Waals surface area contributed by atoms with Gasteiger partial charge >= 0.3 is 0 Å². The van der Waals surface area contributed by atoms with Crippen molar-refractivity contribution in [2.75, 3.05) is 59.9 Å². The van der Waals surface area contributed by atoms with Gasteiger partial charge in [0.1, 0.15) is 5.41 Å². The molecule has 6 heteroatoms. The molecule has 0 unspecified atom stereocenters. The highest BCUT2D eigenvalue weighted by Crippen LogP contribution is 2.47. The second-order valence-corrected chi connectivity index (χ2v) is 8.40. The van der Waals surface area contributed by atoms with Gasteiger partial charge < -0.3 is 15.1 Å². The molecule has 2 amide bonds. The van der Waals surface area contributed by atoms with Gasteiger partial charge in [0.25, 0.3) is 0 Å². The lowest BCUT2D eigenvalue weighted by molar-refractivity contribution is -0.145. The van der Waals surface area contributed by atoms with E-state index < -0.39 is 5.41 Å². The standard InChI is InChI=1S/C23H34N4O2/c1-25(2)14-7-13-24-21(28)23(11-12-23)22(29)27-18-16-26(17-19-27)15-6-10-20-8-4-3-5-9-20/h3-6,8-10H,7,11-19H2,1-2H3,(H,24,28)/b10-6+. The molecule has 0 spiro atoms. The molecule has 1 heterocycles. The monoisotopic (exact) mass is 398 g/mol. The Morgan fingerprint density at radius 2 is 1.79 bits per heavy atom. The fraction of sp³-hybridized carbons (Fsp3) is 0.565. The van der Waals surface area contributed by atoms with Crippen molar-refractivity contribution in [3.05, 3.63) is 42.0 Å². The summed E-state index contributed by atoms with van der Waals surface area (Å²) in [5.74, 6) is -0.0448. The summed E-state index contributed by atoms with van der Waals surface area (Å²) in [6.07, 6.45) is 6.59. The molecule has 3 rings (SSSR count). The molecule has 1 aliphatic heterocycles. The van der Waals surface area contributed by atoms with E-state index in [-0.39, 0.29) is 11.8 Å². The van der Waals surface area contributed by atoms with Crippen molar-refractivity contribution in [3.8, 4) is 0 Å². The summed E-state index contributed by atoms with van der Waals surface area (Å²) in [5, 5.41) is 2.98. The fourth-order valence-corrected chi connectivity index (χ4v) is 3.77. The van der Waals surface area contributed by atoms with E-state index in [1.54, 1.807) is 0 Å². The first kappa shape index (κ1) is 21.5. The van der Waals surface area contributed by atoms with Crippen molar-refractivity contribution in [1.29, 1.82) is 0 Å². The van der Waals surface area contributed by atoms with Crippen LogP contribution in [0.1, 0.15) is 24.8 Å². The van der Waals surface area contributed by atoms with Gasteiger partial charge in [-0.1, -0.05) is 42.5 Å². The van der Waals surface area contributed by atoms with E-state index in [0.717, 1.165) is 32.6 Å². The van der Waals surface area contributed by atoms with E-state index in [4.69, 9.17) is 0 Å². The van der Waals surface area contributed by atoms with Crippen molar-refractivity contribution in [3.63, 3.8) is 0 Å². The maximum absolute atomic E-state index is 13.0. The molecule has 0 radical (unpaired) electrons. The molecule has 29 heavy (non-hydrogen) atoms. The molecular formula is C23H34N4O2. The van der Waals surface area contributed by atoms with E-state index in [1.165, 1.54) is 5.56 Å². The van der Waals surface area contributed by atoms with Gasteiger partial charge in [-0.2, -0.15) is 0 Å². The zero-order valence-electron chi connectivity index (χ0n) is 17.8. The molecule has 2 aliphatic rings. The number of amides is 2. The van der Waals surface area contributed by atoms with Crippen LogP contribution >= 0.6 is 0 Å². The zero-order chi connectivity index (χ0) is 20.7. The fourth-order valence-electron chi connectivity index (χ4n) is 3.77. The number of piperazine rings is 1. The molecule has 0 aromatic heterocycles. The predicted molar refractivity (Wildman–Crippen MR) is 116 cm³/mol. The lowest BCUT2D eigenvalue weighted by atomic mass is 10.0. The van der Waals surface area contributed by atoms with Crippen molar-refractivity contribution in [1.82, 2.24) is 20.0 Å². The third-order valence-corrected chi connectivity index (χ3v) is 5.79. The first-order valence-corrected chi connectivity index (χ1v) is 10.7. The number of hydrogen-bond acceptors (Lipinski definition) is 4.